The van der Waals surface area contributed by atoms with Crippen LogP contribution in [0.2, 0.25) is 0 Å². The number of nitrogens with zero attached hydrogens (tertiary/aromatic N) is 4. The molecule has 2 aromatic heterocycles. The Morgan fingerprint density at radius 2 is 1.95 bits per heavy atom. The summed E-state index contributed by atoms with van der Waals surface area (Å²) in [6, 6.07) is 13.8. The van der Waals surface area contributed by atoms with Crippen molar-refractivity contribution < 1.29 is 4.79 Å². The SMILES string of the molecule is N#Cc1ccc(C(=O)Nc2nnc3ccccn23)cc1. The molecule has 20 heavy (non-hydrogen) atoms. The van der Waals surface area contributed by atoms with Crippen LogP contribution in [-0.4, -0.2) is 20.5 Å². The zero-order valence-corrected chi connectivity index (χ0v) is 10.3. The van der Waals surface area contributed by atoms with E-state index in [1.165, 1.54) is 0 Å². The van der Waals surface area contributed by atoms with Crippen LogP contribution in [0.1, 0.15) is 15.9 Å². The lowest BCUT2D eigenvalue weighted by Crippen LogP contribution is -2.14. The van der Waals surface area contributed by atoms with Crippen molar-refractivity contribution in [2.24, 2.45) is 0 Å². The number of pyridine rings is 1. The van der Waals surface area contributed by atoms with Gasteiger partial charge < -0.3 is 0 Å². The summed E-state index contributed by atoms with van der Waals surface area (Å²) >= 11 is 0. The minimum Gasteiger partial charge on any atom is -0.290 e. The number of fused-ring (bicyclic) bond motifs is 1. The monoisotopic (exact) mass is 263 g/mol. The fourth-order valence-electron chi connectivity index (χ4n) is 1.80. The molecule has 3 aromatic rings. The Kier molecular flexibility index (Phi) is 2.86. The molecule has 0 fully saturated rings. The summed E-state index contributed by atoms with van der Waals surface area (Å²) in [5.41, 5.74) is 1.62. The van der Waals surface area contributed by atoms with Gasteiger partial charge in [-0.15, -0.1) is 10.2 Å². The lowest BCUT2D eigenvalue weighted by molar-refractivity contribution is 0.102. The Hall–Kier alpha value is -3.20. The molecule has 0 saturated heterocycles. The highest BCUT2D eigenvalue weighted by Gasteiger charge is 2.10. The molecule has 1 N–H and O–H groups in total. The Bertz CT molecular complexity index is 813. The van der Waals surface area contributed by atoms with E-state index in [9.17, 15) is 4.79 Å². The smallest absolute Gasteiger partial charge is 0.258 e. The molecule has 6 nitrogen and oxygen atoms in total. The van der Waals surface area contributed by atoms with Crippen LogP contribution in [0, 0.1) is 11.3 Å². The molecule has 0 bridgehead atoms. The van der Waals surface area contributed by atoms with E-state index in [0.29, 0.717) is 22.7 Å². The van der Waals surface area contributed by atoms with Gasteiger partial charge in [0.2, 0.25) is 5.95 Å². The number of nitrogens with one attached hydrogen (secondary N) is 1. The third kappa shape index (κ3) is 2.08. The first-order valence-corrected chi connectivity index (χ1v) is 5.89. The van der Waals surface area contributed by atoms with Crippen LogP contribution in [0.15, 0.2) is 48.7 Å². The molecule has 2 heterocycles. The van der Waals surface area contributed by atoms with Crippen molar-refractivity contribution in [3.8, 4) is 6.07 Å². The first-order chi connectivity index (χ1) is 9.78. The van der Waals surface area contributed by atoms with Crippen molar-refractivity contribution >= 4 is 17.5 Å². The summed E-state index contributed by atoms with van der Waals surface area (Å²) in [6.45, 7) is 0. The summed E-state index contributed by atoms with van der Waals surface area (Å²) in [5.74, 6) is 0.0580. The van der Waals surface area contributed by atoms with E-state index in [1.54, 1.807) is 40.9 Å². The average Bonchev–Trinajstić information content (AvgIpc) is 2.91. The molecule has 6 heteroatoms. The van der Waals surface area contributed by atoms with Crippen molar-refractivity contribution in [3.05, 3.63) is 59.8 Å². The Morgan fingerprint density at radius 3 is 2.70 bits per heavy atom. The number of rotatable bonds is 2. The zero-order chi connectivity index (χ0) is 13.9. The first-order valence-electron chi connectivity index (χ1n) is 5.89. The largest absolute Gasteiger partial charge is 0.290 e. The Labute approximate surface area is 114 Å². The van der Waals surface area contributed by atoms with Gasteiger partial charge in [-0.25, -0.2) is 0 Å². The fraction of sp³-hybridized carbons (Fsp3) is 0. The molecule has 0 radical (unpaired) electrons. The van der Waals surface area contributed by atoms with Gasteiger partial charge in [0.15, 0.2) is 5.65 Å². The van der Waals surface area contributed by atoms with Crippen LogP contribution < -0.4 is 5.32 Å². The predicted molar refractivity (Wildman–Crippen MR) is 72.1 cm³/mol. The van der Waals surface area contributed by atoms with Crippen LogP contribution in [0.3, 0.4) is 0 Å². The van der Waals surface area contributed by atoms with Gasteiger partial charge in [0.05, 0.1) is 11.6 Å². The summed E-state index contributed by atoms with van der Waals surface area (Å²) < 4.78 is 1.68. The average molecular weight is 263 g/mol. The number of amides is 1. The Balaban J connectivity index is 1.87. The number of benzene rings is 1. The highest BCUT2D eigenvalue weighted by Crippen LogP contribution is 2.10. The van der Waals surface area contributed by atoms with Crippen LogP contribution >= 0.6 is 0 Å². The van der Waals surface area contributed by atoms with Crippen molar-refractivity contribution in [1.82, 2.24) is 14.6 Å². The van der Waals surface area contributed by atoms with Crippen LogP contribution in [0.5, 0.6) is 0 Å². The maximum absolute atomic E-state index is 12.1. The second-order valence-electron chi connectivity index (χ2n) is 4.10. The lowest BCUT2D eigenvalue weighted by atomic mass is 10.1. The number of aromatic nitrogens is 3. The number of carbonyl (C=O) groups is 1. The van der Waals surface area contributed by atoms with Crippen LogP contribution in [-0.2, 0) is 0 Å². The topological polar surface area (TPSA) is 83.1 Å². The third-order valence-corrected chi connectivity index (χ3v) is 2.82. The molecule has 0 saturated carbocycles. The molecular weight excluding hydrogens is 254 g/mol. The number of hydrogen-bond acceptors (Lipinski definition) is 4. The summed E-state index contributed by atoms with van der Waals surface area (Å²) in [6.07, 6.45) is 1.77. The number of hydrogen-bond donors (Lipinski definition) is 1. The molecule has 1 aromatic carbocycles. The number of anilines is 1. The minimum absolute atomic E-state index is 0.298. The maximum Gasteiger partial charge on any atom is 0.258 e. The standard InChI is InChI=1S/C14H9N5O/c15-9-10-4-6-11(7-5-10)13(20)16-14-18-17-12-3-1-2-8-19(12)14/h1-8H,(H,16,18,20). The normalized spacial score (nSPS) is 10.2. The quantitative estimate of drug-likeness (QED) is 0.764. The van der Waals surface area contributed by atoms with Crippen LogP contribution in [0.4, 0.5) is 5.95 Å². The summed E-state index contributed by atoms with van der Waals surface area (Å²) in [5, 5.41) is 19.3. The van der Waals surface area contributed by atoms with Crippen molar-refractivity contribution in [1.29, 1.82) is 5.26 Å². The van der Waals surface area contributed by atoms with E-state index in [-0.39, 0.29) is 5.91 Å². The Morgan fingerprint density at radius 1 is 1.15 bits per heavy atom. The molecule has 0 atom stereocenters. The van der Waals surface area contributed by atoms with E-state index in [2.05, 4.69) is 15.5 Å². The number of nitriles is 1. The molecule has 0 unspecified atom stereocenters. The van der Waals surface area contributed by atoms with Crippen LogP contribution in [0.25, 0.3) is 5.65 Å². The van der Waals surface area contributed by atoms with Crippen molar-refractivity contribution in [2.45, 2.75) is 0 Å². The lowest BCUT2D eigenvalue weighted by Gasteiger charge is -2.03. The van der Waals surface area contributed by atoms with Gasteiger partial charge in [-0.1, -0.05) is 6.07 Å². The fourth-order valence-corrected chi connectivity index (χ4v) is 1.80. The molecule has 96 valence electrons. The van der Waals surface area contributed by atoms with E-state index in [0.717, 1.165) is 0 Å². The maximum atomic E-state index is 12.1. The molecule has 3 rings (SSSR count). The van der Waals surface area contributed by atoms with Gasteiger partial charge in [0.1, 0.15) is 0 Å². The third-order valence-electron chi connectivity index (χ3n) is 2.82. The van der Waals surface area contributed by atoms with Gasteiger partial charge in [0, 0.05) is 11.8 Å². The van der Waals surface area contributed by atoms with E-state index < -0.39 is 0 Å². The predicted octanol–water partition coefficient (Wildman–Crippen LogP) is 1.85. The minimum atomic E-state index is -0.298. The van der Waals surface area contributed by atoms with Gasteiger partial charge in [0.25, 0.3) is 5.91 Å². The van der Waals surface area contributed by atoms with Gasteiger partial charge >= 0.3 is 0 Å². The molecule has 0 aliphatic carbocycles. The first kappa shape index (κ1) is 11.9. The van der Waals surface area contributed by atoms with E-state index in [4.69, 9.17) is 5.26 Å². The second kappa shape index (κ2) is 4.82. The highest BCUT2D eigenvalue weighted by molar-refractivity contribution is 6.03. The van der Waals surface area contributed by atoms with Gasteiger partial charge in [-0.05, 0) is 36.4 Å². The molecule has 0 spiro atoms. The van der Waals surface area contributed by atoms with E-state index >= 15 is 0 Å². The summed E-state index contributed by atoms with van der Waals surface area (Å²) in [4.78, 5) is 12.1. The van der Waals surface area contributed by atoms with Gasteiger partial charge in [-0.3, -0.25) is 14.5 Å². The highest BCUT2D eigenvalue weighted by atomic mass is 16.1. The molecule has 1 amide bonds. The molecule has 0 aliphatic rings. The summed E-state index contributed by atoms with van der Waals surface area (Å²) in [7, 11) is 0. The molecular formula is C14H9N5O. The zero-order valence-electron chi connectivity index (χ0n) is 10.3. The number of carbonyl (C=O) groups excluding carboxylic acids is 1. The molecule has 0 aliphatic heterocycles. The van der Waals surface area contributed by atoms with Crippen molar-refractivity contribution in [3.63, 3.8) is 0 Å². The van der Waals surface area contributed by atoms with Gasteiger partial charge in [-0.2, -0.15) is 5.26 Å². The second-order valence-corrected chi connectivity index (χ2v) is 4.10. The van der Waals surface area contributed by atoms with Crippen molar-refractivity contribution in [2.75, 3.05) is 5.32 Å². The van der Waals surface area contributed by atoms with E-state index in [1.807, 2.05) is 18.2 Å².